The van der Waals surface area contributed by atoms with Crippen molar-refractivity contribution in [3.05, 3.63) is 0 Å². The normalized spacial score (nSPS) is 21.8. The summed E-state index contributed by atoms with van der Waals surface area (Å²) < 4.78 is 0. The molecule has 1 saturated heterocycles. The van der Waals surface area contributed by atoms with Crippen LogP contribution in [0.3, 0.4) is 0 Å². The lowest BCUT2D eigenvalue weighted by Gasteiger charge is -2.38. The Morgan fingerprint density at radius 2 is 2.00 bits per heavy atom. The van der Waals surface area contributed by atoms with Crippen LogP contribution in [0.25, 0.3) is 0 Å². The summed E-state index contributed by atoms with van der Waals surface area (Å²) in [6.07, 6.45) is 5.71. The number of rotatable bonds is 4. The summed E-state index contributed by atoms with van der Waals surface area (Å²) >= 11 is 0. The van der Waals surface area contributed by atoms with Crippen molar-refractivity contribution < 1.29 is 0 Å². The molecule has 1 aliphatic rings. The molecule has 0 aromatic carbocycles. The van der Waals surface area contributed by atoms with Gasteiger partial charge in [-0.15, -0.1) is 0 Å². The third-order valence-corrected chi connectivity index (χ3v) is 3.68. The maximum atomic E-state index is 8.45. The molecule has 0 saturated carbocycles. The van der Waals surface area contributed by atoms with E-state index in [1.807, 2.05) is 0 Å². The summed E-state index contributed by atoms with van der Waals surface area (Å²) in [4.78, 5) is 2.51. The average Bonchev–Trinajstić information content (AvgIpc) is 2.22. The number of unbranched alkanes of at least 4 members (excludes halogenated alkanes) is 1. The van der Waals surface area contributed by atoms with Crippen molar-refractivity contribution in [2.75, 3.05) is 19.6 Å². The lowest BCUT2D eigenvalue weighted by atomic mass is 9.78. The van der Waals surface area contributed by atoms with Crippen LogP contribution in [0, 0.1) is 16.7 Å². The fourth-order valence-electron chi connectivity index (χ4n) is 2.05. The number of likely N-dealkylation sites (tertiary alicyclic amines) is 1. The van der Waals surface area contributed by atoms with E-state index < -0.39 is 0 Å². The summed E-state index contributed by atoms with van der Waals surface area (Å²) in [6.45, 7) is 8.28. The Bertz CT molecular complexity index is 197. The monoisotopic (exact) mass is 194 g/mol. The van der Waals surface area contributed by atoms with Crippen LogP contribution in [0.1, 0.15) is 46.0 Å². The second-order valence-corrected chi connectivity index (χ2v) is 4.77. The third kappa shape index (κ3) is 3.31. The zero-order valence-corrected chi connectivity index (χ0v) is 9.55. The van der Waals surface area contributed by atoms with E-state index in [4.69, 9.17) is 5.26 Å². The number of piperidine rings is 1. The van der Waals surface area contributed by atoms with Crippen LogP contribution in [-0.4, -0.2) is 24.5 Å². The van der Waals surface area contributed by atoms with Gasteiger partial charge in [-0.25, -0.2) is 0 Å². The van der Waals surface area contributed by atoms with Crippen molar-refractivity contribution in [2.45, 2.75) is 46.0 Å². The molecule has 0 amide bonds. The molecule has 0 aliphatic carbocycles. The molecule has 0 spiro atoms. The lowest BCUT2D eigenvalue weighted by Crippen LogP contribution is -2.38. The van der Waals surface area contributed by atoms with Gasteiger partial charge >= 0.3 is 0 Å². The van der Waals surface area contributed by atoms with Gasteiger partial charge in [0.1, 0.15) is 0 Å². The third-order valence-electron chi connectivity index (χ3n) is 3.68. The van der Waals surface area contributed by atoms with Gasteiger partial charge in [0.25, 0.3) is 0 Å². The summed E-state index contributed by atoms with van der Waals surface area (Å²) in [5.74, 6) is 0. The molecule has 2 heteroatoms. The molecule has 1 fully saturated rings. The van der Waals surface area contributed by atoms with Crippen LogP contribution in [0.5, 0.6) is 0 Å². The van der Waals surface area contributed by atoms with Crippen LogP contribution in [0.2, 0.25) is 0 Å². The van der Waals surface area contributed by atoms with E-state index in [1.165, 1.54) is 32.4 Å². The highest BCUT2D eigenvalue weighted by atomic mass is 15.1. The van der Waals surface area contributed by atoms with Crippen molar-refractivity contribution in [3.8, 4) is 6.07 Å². The van der Waals surface area contributed by atoms with Gasteiger partial charge in [0.15, 0.2) is 0 Å². The van der Waals surface area contributed by atoms with Crippen molar-refractivity contribution in [3.63, 3.8) is 0 Å². The zero-order valence-electron chi connectivity index (χ0n) is 9.55. The second-order valence-electron chi connectivity index (χ2n) is 4.77. The minimum atomic E-state index is 0.589. The Morgan fingerprint density at radius 1 is 1.36 bits per heavy atom. The van der Waals surface area contributed by atoms with Gasteiger partial charge in [-0.2, -0.15) is 5.26 Å². The minimum Gasteiger partial charge on any atom is -0.303 e. The summed E-state index contributed by atoms with van der Waals surface area (Å²) in [6, 6.07) is 2.21. The van der Waals surface area contributed by atoms with Gasteiger partial charge in [0.05, 0.1) is 6.07 Å². The highest BCUT2D eigenvalue weighted by Gasteiger charge is 2.27. The van der Waals surface area contributed by atoms with Crippen molar-refractivity contribution in [2.24, 2.45) is 5.41 Å². The van der Waals surface area contributed by atoms with E-state index in [0.29, 0.717) is 11.8 Å². The molecular formula is C12H22N2. The van der Waals surface area contributed by atoms with Crippen LogP contribution in [-0.2, 0) is 0 Å². The molecule has 0 aromatic rings. The molecule has 0 bridgehead atoms. The molecule has 0 unspecified atom stereocenters. The molecule has 80 valence electrons. The predicted molar refractivity (Wildman–Crippen MR) is 58.9 cm³/mol. The van der Waals surface area contributed by atoms with E-state index >= 15 is 0 Å². The van der Waals surface area contributed by atoms with Gasteiger partial charge < -0.3 is 4.90 Å². The van der Waals surface area contributed by atoms with Crippen LogP contribution < -0.4 is 0 Å². The number of hydrogen-bond acceptors (Lipinski definition) is 2. The Morgan fingerprint density at radius 3 is 2.50 bits per heavy atom. The number of nitrogens with zero attached hydrogens (tertiary/aromatic N) is 2. The minimum absolute atomic E-state index is 0.589. The van der Waals surface area contributed by atoms with Crippen molar-refractivity contribution in [1.29, 1.82) is 5.26 Å². The quantitative estimate of drug-likeness (QED) is 0.643. The average molecular weight is 194 g/mol. The van der Waals surface area contributed by atoms with Gasteiger partial charge in [0.2, 0.25) is 0 Å². The van der Waals surface area contributed by atoms with Crippen LogP contribution >= 0.6 is 0 Å². The van der Waals surface area contributed by atoms with E-state index in [2.05, 4.69) is 24.8 Å². The smallest absolute Gasteiger partial charge is 0.0622 e. The molecule has 0 atom stereocenters. The highest BCUT2D eigenvalue weighted by molar-refractivity contribution is 4.81. The van der Waals surface area contributed by atoms with E-state index in [-0.39, 0.29) is 0 Å². The molecule has 14 heavy (non-hydrogen) atoms. The van der Waals surface area contributed by atoms with E-state index in [9.17, 15) is 0 Å². The number of nitriles is 1. The molecule has 1 aliphatic heterocycles. The highest BCUT2D eigenvalue weighted by Crippen LogP contribution is 2.33. The van der Waals surface area contributed by atoms with Crippen LogP contribution in [0.4, 0.5) is 0 Å². The van der Waals surface area contributed by atoms with E-state index in [0.717, 1.165) is 13.0 Å². The zero-order chi connectivity index (χ0) is 10.4. The largest absolute Gasteiger partial charge is 0.303 e. The standard InChI is InChI=1S/C12H22N2/c1-3-12(2)6-10-14(11-7-12)9-5-4-8-13/h3-7,9-11H2,1-2H3. The van der Waals surface area contributed by atoms with Crippen LogP contribution in [0.15, 0.2) is 0 Å². The fraction of sp³-hybridized carbons (Fsp3) is 0.917. The molecule has 2 nitrogen and oxygen atoms in total. The first-order valence-corrected chi connectivity index (χ1v) is 5.79. The Labute approximate surface area is 87.9 Å². The fourth-order valence-corrected chi connectivity index (χ4v) is 2.05. The van der Waals surface area contributed by atoms with Crippen molar-refractivity contribution >= 4 is 0 Å². The lowest BCUT2D eigenvalue weighted by molar-refractivity contribution is 0.114. The Kier molecular flexibility index (Phi) is 4.41. The van der Waals surface area contributed by atoms with Gasteiger partial charge in [-0.05, 0) is 44.3 Å². The first-order valence-electron chi connectivity index (χ1n) is 5.79. The molecular weight excluding hydrogens is 172 g/mol. The maximum absolute atomic E-state index is 8.45. The SMILES string of the molecule is CCC1(C)CCN(CCCC#N)CC1. The van der Waals surface area contributed by atoms with Gasteiger partial charge in [-0.1, -0.05) is 20.3 Å². The Balaban J connectivity index is 2.19. The number of hydrogen-bond donors (Lipinski definition) is 0. The topological polar surface area (TPSA) is 27.0 Å². The molecule has 0 aromatic heterocycles. The molecule has 0 radical (unpaired) electrons. The maximum Gasteiger partial charge on any atom is 0.0622 e. The molecule has 1 rings (SSSR count). The Hall–Kier alpha value is -0.550. The first kappa shape index (κ1) is 11.5. The second kappa shape index (κ2) is 5.36. The molecule has 1 heterocycles. The summed E-state index contributed by atoms with van der Waals surface area (Å²) in [5.41, 5.74) is 0.589. The predicted octanol–water partition coefficient (Wildman–Crippen LogP) is 2.80. The van der Waals surface area contributed by atoms with E-state index in [1.54, 1.807) is 0 Å². The summed E-state index contributed by atoms with van der Waals surface area (Å²) in [5, 5.41) is 8.45. The van der Waals surface area contributed by atoms with Gasteiger partial charge in [-0.3, -0.25) is 0 Å². The molecule has 0 N–H and O–H groups in total. The van der Waals surface area contributed by atoms with Crippen molar-refractivity contribution in [1.82, 2.24) is 4.90 Å². The van der Waals surface area contributed by atoms with Gasteiger partial charge in [0, 0.05) is 6.42 Å². The summed E-state index contributed by atoms with van der Waals surface area (Å²) in [7, 11) is 0. The first-order chi connectivity index (χ1) is 6.70.